The molecule has 0 aromatic carbocycles. The highest BCUT2D eigenvalue weighted by Crippen LogP contribution is 2.28. The molecule has 2 rings (SSSR count). The van der Waals surface area contributed by atoms with Crippen molar-refractivity contribution >= 4 is 5.91 Å². The second-order valence-corrected chi connectivity index (χ2v) is 6.08. The van der Waals surface area contributed by atoms with Crippen LogP contribution in [0.1, 0.15) is 33.6 Å². The fraction of sp³-hybridized carbons (Fsp3) is 0.929. The van der Waals surface area contributed by atoms with Gasteiger partial charge in [-0.25, -0.2) is 0 Å². The maximum Gasteiger partial charge on any atom is 0.239 e. The van der Waals surface area contributed by atoms with Gasteiger partial charge in [0.2, 0.25) is 5.91 Å². The van der Waals surface area contributed by atoms with Gasteiger partial charge in [0.1, 0.15) is 0 Å². The fourth-order valence-electron chi connectivity index (χ4n) is 2.66. The summed E-state index contributed by atoms with van der Waals surface area (Å²) in [4.78, 5) is 17.1. The zero-order valence-corrected chi connectivity index (χ0v) is 12.0. The van der Waals surface area contributed by atoms with Crippen molar-refractivity contribution < 1.29 is 4.79 Å². The van der Waals surface area contributed by atoms with Crippen LogP contribution in [0, 0.1) is 5.92 Å². The van der Waals surface area contributed by atoms with Crippen LogP contribution < -0.4 is 5.32 Å². The Morgan fingerprint density at radius 2 is 1.89 bits per heavy atom. The first kappa shape index (κ1) is 13.8. The Bertz CT molecular complexity index is 283. The van der Waals surface area contributed by atoms with Crippen LogP contribution in [0.3, 0.4) is 0 Å². The Labute approximate surface area is 111 Å². The van der Waals surface area contributed by atoms with Gasteiger partial charge in [-0.2, -0.15) is 0 Å². The zero-order valence-electron chi connectivity index (χ0n) is 12.0. The van der Waals surface area contributed by atoms with Gasteiger partial charge in [0, 0.05) is 38.8 Å². The molecule has 1 N–H and O–H groups in total. The predicted molar refractivity (Wildman–Crippen MR) is 73.5 cm³/mol. The van der Waals surface area contributed by atoms with E-state index in [-0.39, 0.29) is 6.04 Å². The first-order valence-corrected chi connectivity index (χ1v) is 7.35. The maximum absolute atomic E-state index is 12.6. The van der Waals surface area contributed by atoms with Crippen molar-refractivity contribution in [2.45, 2.75) is 45.7 Å². The molecule has 1 heterocycles. The van der Waals surface area contributed by atoms with Crippen LogP contribution in [0.5, 0.6) is 0 Å². The third-order valence-corrected chi connectivity index (χ3v) is 3.89. The minimum Gasteiger partial charge on any atom is -0.338 e. The van der Waals surface area contributed by atoms with E-state index in [4.69, 9.17) is 0 Å². The van der Waals surface area contributed by atoms with Crippen LogP contribution in [-0.4, -0.2) is 60.5 Å². The fourth-order valence-corrected chi connectivity index (χ4v) is 2.66. The largest absolute Gasteiger partial charge is 0.338 e. The first-order chi connectivity index (χ1) is 8.59. The third kappa shape index (κ3) is 3.45. The van der Waals surface area contributed by atoms with E-state index in [2.05, 4.69) is 35.9 Å². The highest BCUT2D eigenvalue weighted by atomic mass is 16.2. The second kappa shape index (κ2) is 6.02. The van der Waals surface area contributed by atoms with E-state index < -0.39 is 0 Å². The van der Waals surface area contributed by atoms with E-state index in [0.717, 1.165) is 32.7 Å². The molecular weight excluding hydrogens is 226 g/mol. The molecule has 0 radical (unpaired) electrons. The van der Waals surface area contributed by atoms with Crippen molar-refractivity contribution in [3.63, 3.8) is 0 Å². The number of nitrogens with zero attached hydrogens (tertiary/aromatic N) is 2. The van der Waals surface area contributed by atoms with Crippen LogP contribution in [0.25, 0.3) is 0 Å². The molecule has 0 bridgehead atoms. The van der Waals surface area contributed by atoms with Crippen LogP contribution in [0.15, 0.2) is 0 Å². The van der Waals surface area contributed by atoms with E-state index >= 15 is 0 Å². The number of nitrogens with one attached hydrogen (secondary N) is 1. The van der Waals surface area contributed by atoms with Crippen molar-refractivity contribution in [3.8, 4) is 0 Å². The lowest BCUT2D eigenvalue weighted by atomic mass is 10.1. The summed E-state index contributed by atoms with van der Waals surface area (Å²) < 4.78 is 0. The minimum absolute atomic E-state index is 0.0476. The smallest absolute Gasteiger partial charge is 0.239 e. The molecule has 1 aliphatic heterocycles. The minimum atomic E-state index is 0.0476. The summed E-state index contributed by atoms with van der Waals surface area (Å²) in [6, 6.07) is 0.580. The summed E-state index contributed by atoms with van der Waals surface area (Å²) in [6.07, 6.45) is 2.40. The predicted octanol–water partition coefficient (Wildman–Crippen LogP) is 0.927. The Morgan fingerprint density at radius 3 is 2.39 bits per heavy atom. The Kier molecular flexibility index (Phi) is 4.62. The molecule has 2 aliphatic rings. The topological polar surface area (TPSA) is 35.6 Å². The Balaban J connectivity index is 1.93. The van der Waals surface area contributed by atoms with Crippen molar-refractivity contribution in [2.24, 2.45) is 5.92 Å². The molecule has 1 amide bonds. The van der Waals surface area contributed by atoms with Gasteiger partial charge in [-0.05, 0) is 25.7 Å². The van der Waals surface area contributed by atoms with E-state index in [1.54, 1.807) is 0 Å². The van der Waals surface area contributed by atoms with Gasteiger partial charge in [0.05, 0.1) is 6.04 Å². The molecule has 0 aromatic rings. The van der Waals surface area contributed by atoms with Gasteiger partial charge in [0.15, 0.2) is 0 Å². The van der Waals surface area contributed by atoms with Gasteiger partial charge in [-0.3, -0.25) is 9.69 Å². The molecule has 4 nitrogen and oxygen atoms in total. The molecule has 104 valence electrons. The Morgan fingerprint density at radius 1 is 1.28 bits per heavy atom. The monoisotopic (exact) mass is 253 g/mol. The van der Waals surface area contributed by atoms with Crippen molar-refractivity contribution in [1.82, 2.24) is 15.1 Å². The lowest BCUT2D eigenvalue weighted by Gasteiger charge is -2.35. The summed E-state index contributed by atoms with van der Waals surface area (Å²) in [5.74, 6) is 0.901. The highest BCUT2D eigenvalue weighted by Gasteiger charge is 2.36. The molecular formula is C14H27N3O. The highest BCUT2D eigenvalue weighted by molar-refractivity contribution is 5.82. The average Bonchev–Trinajstić information content (AvgIpc) is 3.19. The van der Waals surface area contributed by atoms with E-state index in [0.29, 0.717) is 17.9 Å². The summed E-state index contributed by atoms with van der Waals surface area (Å²) in [5, 5.41) is 3.34. The molecule has 18 heavy (non-hydrogen) atoms. The number of hydrogen-bond donors (Lipinski definition) is 1. The lowest BCUT2D eigenvalue weighted by Crippen LogP contribution is -2.54. The third-order valence-electron chi connectivity index (χ3n) is 3.89. The molecule has 1 unspecified atom stereocenters. The van der Waals surface area contributed by atoms with Crippen LogP contribution in [0.4, 0.5) is 0 Å². The average molecular weight is 253 g/mol. The van der Waals surface area contributed by atoms with Crippen molar-refractivity contribution in [2.75, 3.05) is 32.7 Å². The van der Waals surface area contributed by atoms with E-state index in [1.165, 1.54) is 12.8 Å². The molecule has 1 saturated heterocycles. The SMILES string of the molecule is CC(C)CN(C(=O)C(C)N1CCNCC1)C1CC1. The Hall–Kier alpha value is -0.610. The quantitative estimate of drug-likeness (QED) is 0.791. The van der Waals surface area contributed by atoms with Crippen molar-refractivity contribution in [3.05, 3.63) is 0 Å². The van der Waals surface area contributed by atoms with Gasteiger partial charge in [-0.15, -0.1) is 0 Å². The number of carbonyl (C=O) groups is 1. The molecule has 4 heteroatoms. The molecule has 0 aromatic heterocycles. The van der Waals surface area contributed by atoms with Crippen LogP contribution in [0.2, 0.25) is 0 Å². The van der Waals surface area contributed by atoms with Gasteiger partial charge in [0.25, 0.3) is 0 Å². The lowest BCUT2D eigenvalue weighted by molar-refractivity contribution is -0.137. The summed E-state index contributed by atoms with van der Waals surface area (Å²) in [5.41, 5.74) is 0. The first-order valence-electron chi connectivity index (χ1n) is 7.35. The molecule has 1 atom stereocenters. The standard InChI is InChI=1S/C14H27N3O/c1-11(2)10-17(13-4-5-13)14(18)12(3)16-8-6-15-7-9-16/h11-13,15H,4-10H2,1-3H3. The molecule has 1 saturated carbocycles. The zero-order chi connectivity index (χ0) is 13.1. The van der Waals surface area contributed by atoms with Gasteiger partial charge < -0.3 is 10.2 Å². The number of hydrogen-bond acceptors (Lipinski definition) is 3. The molecule has 2 fully saturated rings. The van der Waals surface area contributed by atoms with Crippen molar-refractivity contribution in [1.29, 1.82) is 0 Å². The van der Waals surface area contributed by atoms with Gasteiger partial charge >= 0.3 is 0 Å². The van der Waals surface area contributed by atoms with E-state index in [1.807, 2.05) is 0 Å². The molecule has 1 aliphatic carbocycles. The van der Waals surface area contributed by atoms with Crippen LogP contribution >= 0.6 is 0 Å². The van der Waals surface area contributed by atoms with Crippen LogP contribution in [-0.2, 0) is 4.79 Å². The van der Waals surface area contributed by atoms with Gasteiger partial charge in [-0.1, -0.05) is 13.8 Å². The summed E-state index contributed by atoms with van der Waals surface area (Å²) in [6.45, 7) is 11.4. The number of rotatable bonds is 5. The summed E-state index contributed by atoms with van der Waals surface area (Å²) >= 11 is 0. The summed E-state index contributed by atoms with van der Waals surface area (Å²) in [7, 11) is 0. The second-order valence-electron chi connectivity index (χ2n) is 6.08. The number of piperazine rings is 1. The normalized spacial score (nSPS) is 23.1. The van der Waals surface area contributed by atoms with E-state index in [9.17, 15) is 4.79 Å². The number of amides is 1. The number of carbonyl (C=O) groups excluding carboxylic acids is 1. The molecule has 0 spiro atoms. The maximum atomic E-state index is 12.6.